The molecule has 16 heavy (non-hydrogen) atoms. The second kappa shape index (κ2) is 5.80. The van der Waals surface area contributed by atoms with Gasteiger partial charge in [0.2, 0.25) is 0 Å². The Labute approximate surface area is 103 Å². The fourth-order valence-corrected chi connectivity index (χ4v) is 3.17. The van der Waals surface area contributed by atoms with Crippen LogP contribution in [0.2, 0.25) is 0 Å². The van der Waals surface area contributed by atoms with Crippen LogP contribution >= 0.6 is 11.3 Å². The van der Waals surface area contributed by atoms with Crippen molar-refractivity contribution in [3.8, 4) is 0 Å². The number of hydrogen-bond acceptors (Lipinski definition) is 3. The Morgan fingerprint density at radius 1 is 1.44 bits per heavy atom. The van der Waals surface area contributed by atoms with E-state index in [2.05, 4.69) is 35.5 Å². The molecule has 2 rings (SSSR count). The Balaban J connectivity index is 1.69. The van der Waals surface area contributed by atoms with E-state index in [-0.39, 0.29) is 0 Å². The van der Waals surface area contributed by atoms with Gasteiger partial charge in [0.05, 0.1) is 0 Å². The third kappa shape index (κ3) is 3.06. The van der Waals surface area contributed by atoms with Gasteiger partial charge in [-0.15, -0.1) is 11.3 Å². The quantitative estimate of drug-likeness (QED) is 0.848. The summed E-state index contributed by atoms with van der Waals surface area (Å²) in [7, 11) is 0. The molecule has 1 fully saturated rings. The molecule has 1 aliphatic rings. The number of aryl methyl sites for hydroxylation is 1. The predicted octanol–water partition coefficient (Wildman–Crippen LogP) is 2.63. The molecule has 1 aromatic rings. The summed E-state index contributed by atoms with van der Waals surface area (Å²) in [6.07, 6.45) is 2.77. The van der Waals surface area contributed by atoms with Crippen LogP contribution in [0.3, 0.4) is 0 Å². The summed E-state index contributed by atoms with van der Waals surface area (Å²) in [6, 6.07) is 2.88. The van der Waals surface area contributed by atoms with Crippen LogP contribution in [0, 0.1) is 6.92 Å². The van der Waals surface area contributed by atoms with E-state index in [1.54, 1.807) is 0 Å². The van der Waals surface area contributed by atoms with Gasteiger partial charge in [-0.3, -0.25) is 4.90 Å². The Morgan fingerprint density at radius 3 is 2.81 bits per heavy atom. The minimum atomic E-state index is 0.683. The molecule has 0 aliphatic carbocycles. The molecule has 0 amide bonds. The van der Waals surface area contributed by atoms with Gasteiger partial charge in [-0.05, 0) is 56.8 Å². The summed E-state index contributed by atoms with van der Waals surface area (Å²) >= 11 is 1.86. The van der Waals surface area contributed by atoms with E-state index in [0.717, 1.165) is 13.1 Å². The van der Waals surface area contributed by atoms with Crippen molar-refractivity contribution in [2.75, 3.05) is 19.6 Å². The van der Waals surface area contributed by atoms with Crippen LogP contribution < -0.4 is 5.32 Å². The second-order valence-electron chi connectivity index (χ2n) is 4.75. The van der Waals surface area contributed by atoms with E-state index in [1.165, 1.54) is 36.4 Å². The van der Waals surface area contributed by atoms with E-state index in [1.807, 2.05) is 11.3 Å². The van der Waals surface area contributed by atoms with Crippen LogP contribution in [0.25, 0.3) is 0 Å². The number of likely N-dealkylation sites (tertiary alicyclic amines) is 1. The Bertz CT molecular complexity index is 315. The molecular weight excluding hydrogens is 216 g/mol. The van der Waals surface area contributed by atoms with Crippen LogP contribution in [0.1, 0.15) is 30.2 Å². The molecule has 0 spiro atoms. The lowest BCUT2D eigenvalue weighted by Crippen LogP contribution is -2.38. The van der Waals surface area contributed by atoms with Gasteiger partial charge < -0.3 is 5.32 Å². The highest BCUT2D eigenvalue weighted by Gasteiger charge is 2.17. The van der Waals surface area contributed by atoms with Gasteiger partial charge in [0.25, 0.3) is 0 Å². The van der Waals surface area contributed by atoms with Crippen molar-refractivity contribution >= 4 is 11.3 Å². The van der Waals surface area contributed by atoms with E-state index >= 15 is 0 Å². The minimum Gasteiger partial charge on any atom is -0.310 e. The second-order valence-corrected chi connectivity index (χ2v) is 5.75. The van der Waals surface area contributed by atoms with Crippen molar-refractivity contribution in [1.82, 2.24) is 10.2 Å². The smallest absolute Gasteiger partial charge is 0.0303 e. The van der Waals surface area contributed by atoms with E-state index < -0.39 is 0 Å². The number of rotatable bonds is 5. The van der Waals surface area contributed by atoms with Crippen LogP contribution in [0.5, 0.6) is 0 Å². The van der Waals surface area contributed by atoms with Crippen molar-refractivity contribution in [3.63, 3.8) is 0 Å². The maximum absolute atomic E-state index is 3.57. The maximum atomic E-state index is 3.57. The first-order chi connectivity index (χ1) is 7.77. The number of hydrogen-bond donors (Lipinski definition) is 1. The molecule has 1 aromatic heterocycles. The molecule has 90 valence electrons. The zero-order valence-corrected chi connectivity index (χ0v) is 11.1. The van der Waals surface area contributed by atoms with Crippen molar-refractivity contribution in [3.05, 3.63) is 21.9 Å². The normalized spacial score (nSPS) is 19.1. The standard InChI is InChI=1S/C13H22N2S/c1-11-5-8-16-13(11)10-14-9-12(2)15-6-3-4-7-15/h5,8,12,14H,3-4,6-7,9-10H2,1-2H3. The average molecular weight is 238 g/mol. The highest BCUT2D eigenvalue weighted by atomic mass is 32.1. The Hall–Kier alpha value is -0.380. The number of nitrogens with zero attached hydrogens (tertiary/aromatic N) is 1. The number of nitrogens with one attached hydrogen (secondary N) is 1. The molecule has 1 unspecified atom stereocenters. The van der Waals surface area contributed by atoms with E-state index in [9.17, 15) is 0 Å². The van der Waals surface area contributed by atoms with Gasteiger partial charge in [0.15, 0.2) is 0 Å². The van der Waals surface area contributed by atoms with Gasteiger partial charge in [-0.25, -0.2) is 0 Å². The first-order valence-electron chi connectivity index (χ1n) is 6.25. The average Bonchev–Trinajstić information content (AvgIpc) is 2.90. The lowest BCUT2D eigenvalue weighted by Gasteiger charge is -2.23. The van der Waals surface area contributed by atoms with Crippen LogP contribution in [-0.4, -0.2) is 30.6 Å². The van der Waals surface area contributed by atoms with Crippen LogP contribution in [0.4, 0.5) is 0 Å². The first kappa shape index (κ1) is 12.1. The molecule has 1 aliphatic heterocycles. The van der Waals surface area contributed by atoms with Crippen molar-refractivity contribution < 1.29 is 0 Å². The van der Waals surface area contributed by atoms with E-state index in [4.69, 9.17) is 0 Å². The summed E-state index contributed by atoms with van der Waals surface area (Å²) in [5, 5.41) is 5.75. The van der Waals surface area contributed by atoms with Gasteiger partial charge in [-0.2, -0.15) is 0 Å². The minimum absolute atomic E-state index is 0.683. The molecule has 2 nitrogen and oxygen atoms in total. The summed E-state index contributed by atoms with van der Waals surface area (Å²) in [6.45, 7) is 9.25. The molecule has 2 heterocycles. The predicted molar refractivity (Wildman–Crippen MR) is 71.0 cm³/mol. The summed E-state index contributed by atoms with van der Waals surface area (Å²) < 4.78 is 0. The molecular formula is C13H22N2S. The van der Waals surface area contributed by atoms with E-state index in [0.29, 0.717) is 6.04 Å². The van der Waals surface area contributed by atoms with Crippen molar-refractivity contribution in [2.45, 2.75) is 39.3 Å². The molecule has 0 bridgehead atoms. The fraction of sp³-hybridized carbons (Fsp3) is 0.692. The third-order valence-electron chi connectivity index (χ3n) is 3.46. The van der Waals surface area contributed by atoms with Crippen LogP contribution in [0.15, 0.2) is 11.4 Å². The highest BCUT2D eigenvalue weighted by Crippen LogP contribution is 2.15. The third-order valence-corrected chi connectivity index (χ3v) is 4.48. The molecule has 0 aromatic carbocycles. The zero-order valence-electron chi connectivity index (χ0n) is 10.3. The molecule has 3 heteroatoms. The molecule has 0 radical (unpaired) electrons. The largest absolute Gasteiger partial charge is 0.310 e. The fourth-order valence-electron chi connectivity index (χ4n) is 2.29. The van der Waals surface area contributed by atoms with Gasteiger partial charge in [0.1, 0.15) is 0 Å². The van der Waals surface area contributed by atoms with Crippen LogP contribution in [-0.2, 0) is 6.54 Å². The summed E-state index contributed by atoms with van der Waals surface area (Å²) in [4.78, 5) is 4.07. The Kier molecular flexibility index (Phi) is 4.38. The van der Waals surface area contributed by atoms with Crippen molar-refractivity contribution in [2.24, 2.45) is 0 Å². The van der Waals surface area contributed by atoms with Gasteiger partial charge >= 0.3 is 0 Å². The highest BCUT2D eigenvalue weighted by molar-refractivity contribution is 7.10. The molecule has 1 saturated heterocycles. The topological polar surface area (TPSA) is 15.3 Å². The molecule has 1 atom stereocenters. The SMILES string of the molecule is Cc1ccsc1CNCC(C)N1CCCC1. The Morgan fingerprint density at radius 2 is 2.19 bits per heavy atom. The summed E-state index contributed by atoms with van der Waals surface area (Å²) in [5.41, 5.74) is 1.42. The lowest BCUT2D eigenvalue weighted by molar-refractivity contribution is 0.252. The summed E-state index contributed by atoms with van der Waals surface area (Å²) in [5.74, 6) is 0. The van der Waals surface area contributed by atoms with Gasteiger partial charge in [-0.1, -0.05) is 0 Å². The van der Waals surface area contributed by atoms with Gasteiger partial charge in [0, 0.05) is 24.0 Å². The first-order valence-corrected chi connectivity index (χ1v) is 7.13. The molecule has 0 saturated carbocycles. The maximum Gasteiger partial charge on any atom is 0.0303 e. The zero-order chi connectivity index (χ0) is 11.4. The lowest BCUT2D eigenvalue weighted by atomic mass is 10.2. The monoisotopic (exact) mass is 238 g/mol. The molecule has 1 N–H and O–H groups in total. The number of thiophene rings is 1. The van der Waals surface area contributed by atoms with Crippen molar-refractivity contribution in [1.29, 1.82) is 0 Å².